The smallest absolute Gasteiger partial charge is 0.254 e. The van der Waals surface area contributed by atoms with Crippen LogP contribution in [0, 0.1) is 11.8 Å². The van der Waals surface area contributed by atoms with Crippen LogP contribution in [0.4, 0.5) is 8.78 Å². The number of carbonyl (C=O) groups excluding carboxylic acids is 1. The van der Waals surface area contributed by atoms with E-state index in [1.54, 1.807) is 0 Å². The van der Waals surface area contributed by atoms with Gasteiger partial charge in [0.25, 0.3) is 5.91 Å². The number of nitrogens with zero attached hydrogens (tertiary/aromatic N) is 1. The first-order chi connectivity index (χ1) is 8.10. The molecule has 1 amide bonds. The third kappa shape index (κ3) is 3.45. The van der Waals surface area contributed by atoms with Gasteiger partial charge >= 0.3 is 0 Å². The molecule has 4 nitrogen and oxygen atoms in total. The molecule has 0 radical (unpaired) electrons. The second kappa shape index (κ2) is 6.24. The molecule has 1 aromatic rings. The van der Waals surface area contributed by atoms with Crippen molar-refractivity contribution < 1.29 is 18.3 Å². The van der Waals surface area contributed by atoms with Gasteiger partial charge < -0.3 is 10.1 Å². The lowest BCUT2D eigenvalue weighted by Crippen LogP contribution is -2.38. The number of ether oxygens (including phenoxy) is 1. The third-order valence-electron chi connectivity index (χ3n) is 2.29. The van der Waals surface area contributed by atoms with E-state index in [9.17, 15) is 13.6 Å². The molecular weight excluding hydrogens is 230 g/mol. The average Bonchev–Trinajstić information content (AvgIpc) is 2.31. The van der Waals surface area contributed by atoms with Crippen molar-refractivity contribution in [1.29, 1.82) is 0 Å². The minimum absolute atomic E-state index is 0.233. The van der Waals surface area contributed by atoms with E-state index < -0.39 is 17.7 Å². The molecule has 0 fully saturated rings. The molecular formula is C11H14F2N2O2. The van der Waals surface area contributed by atoms with Gasteiger partial charge in [-0.05, 0) is 12.5 Å². The van der Waals surface area contributed by atoms with E-state index in [0.29, 0.717) is 13.0 Å². The summed E-state index contributed by atoms with van der Waals surface area (Å²) in [7, 11) is 1.50. The lowest BCUT2D eigenvalue weighted by molar-refractivity contribution is 0.0889. The van der Waals surface area contributed by atoms with Gasteiger partial charge in [-0.15, -0.1) is 0 Å². The SMILES string of the molecule is CCC(COC)NC(=O)c1ccnc(F)c1F. The average molecular weight is 244 g/mol. The fourth-order valence-corrected chi connectivity index (χ4v) is 1.32. The summed E-state index contributed by atoms with van der Waals surface area (Å²) in [5.41, 5.74) is -0.355. The fraction of sp³-hybridized carbons (Fsp3) is 0.455. The monoisotopic (exact) mass is 244 g/mol. The first kappa shape index (κ1) is 13.5. The van der Waals surface area contributed by atoms with Crippen molar-refractivity contribution in [2.75, 3.05) is 13.7 Å². The van der Waals surface area contributed by atoms with Gasteiger partial charge in [-0.2, -0.15) is 4.39 Å². The summed E-state index contributed by atoms with van der Waals surface area (Å²) in [5.74, 6) is -3.19. The summed E-state index contributed by atoms with van der Waals surface area (Å²) < 4.78 is 31.0. The van der Waals surface area contributed by atoms with Gasteiger partial charge in [-0.1, -0.05) is 6.92 Å². The standard InChI is InChI=1S/C11H14F2N2O2/c1-3-7(6-17-2)15-11(16)8-4-5-14-10(13)9(8)12/h4-5,7H,3,6H2,1-2H3,(H,15,16). The number of hydrogen-bond donors (Lipinski definition) is 1. The molecule has 0 aliphatic carbocycles. The Labute approximate surface area is 98.0 Å². The molecule has 0 aromatic carbocycles. The fourth-order valence-electron chi connectivity index (χ4n) is 1.32. The van der Waals surface area contributed by atoms with Crippen LogP contribution in [0.1, 0.15) is 23.7 Å². The minimum atomic E-state index is -1.28. The molecule has 1 heterocycles. The number of carbonyl (C=O) groups is 1. The van der Waals surface area contributed by atoms with Gasteiger partial charge in [0.05, 0.1) is 18.2 Å². The highest BCUT2D eigenvalue weighted by molar-refractivity contribution is 5.94. The molecule has 6 heteroatoms. The maximum atomic E-state index is 13.3. The zero-order chi connectivity index (χ0) is 12.8. The van der Waals surface area contributed by atoms with Crippen molar-refractivity contribution in [3.63, 3.8) is 0 Å². The molecule has 1 rings (SSSR count). The van der Waals surface area contributed by atoms with Crippen LogP contribution < -0.4 is 5.32 Å². The molecule has 17 heavy (non-hydrogen) atoms. The Kier molecular flexibility index (Phi) is 4.96. The summed E-state index contributed by atoms with van der Waals surface area (Å²) in [6.07, 6.45) is 1.68. The minimum Gasteiger partial charge on any atom is -0.383 e. The summed E-state index contributed by atoms with van der Waals surface area (Å²) >= 11 is 0. The predicted molar refractivity (Wildman–Crippen MR) is 57.6 cm³/mol. The Hall–Kier alpha value is -1.56. The van der Waals surface area contributed by atoms with E-state index >= 15 is 0 Å². The third-order valence-corrected chi connectivity index (χ3v) is 2.29. The molecule has 1 unspecified atom stereocenters. The Morgan fingerprint density at radius 3 is 2.88 bits per heavy atom. The number of hydrogen-bond acceptors (Lipinski definition) is 3. The molecule has 1 atom stereocenters. The predicted octanol–water partition coefficient (Wildman–Crippen LogP) is 1.51. The topological polar surface area (TPSA) is 51.2 Å². The second-order valence-corrected chi connectivity index (χ2v) is 3.50. The molecule has 0 saturated carbocycles. The van der Waals surface area contributed by atoms with Crippen LogP contribution >= 0.6 is 0 Å². The van der Waals surface area contributed by atoms with Crippen LogP contribution in [0.25, 0.3) is 0 Å². The first-order valence-corrected chi connectivity index (χ1v) is 5.20. The maximum absolute atomic E-state index is 13.3. The van der Waals surface area contributed by atoms with Crippen molar-refractivity contribution in [2.45, 2.75) is 19.4 Å². The normalized spacial score (nSPS) is 12.2. The van der Waals surface area contributed by atoms with E-state index in [4.69, 9.17) is 4.74 Å². The highest BCUT2D eigenvalue weighted by atomic mass is 19.2. The van der Waals surface area contributed by atoms with E-state index in [1.165, 1.54) is 7.11 Å². The number of aromatic nitrogens is 1. The van der Waals surface area contributed by atoms with Gasteiger partial charge in [-0.3, -0.25) is 4.79 Å². The zero-order valence-electron chi connectivity index (χ0n) is 9.67. The van der Waals surface area contributed by atoms with E-state index in [0.717, 1.165) is 12.3 Å². The van der Waals surface area contributed by atoms with Crippen LogP contribution in [-0.4, -0.2) is 30.6 Å². The Morgan fingerprint density at radius 1 is 1.59 bits per heavy atom. The van der Waals surface area contributed by atoms with Crippen molar-refractivity contribution >= 4 is 5.91 Å². The molecule has 94 valence electrons. The summed E-state index contributed by atoms with van der Waals surface area (Å²) in [6.45, 7) is 2.17. The van der Waals surface area contributed by atoms with Gasteiger partial charge in [0, 0.05) is 13.3 Å². The van der Waals surface area contributed by atoms with Gasteiger partial charge in [-0.25, -0.2) is 9.37 Å². The quantitative estimate of drug-likeness (QED) is 0.799. The maximum Gasteiger partial charge on any atom is 0.254 e. The van der Waals surface area contributed by atoms with E-state index in [-0.39, 0.29) is 11.6 Å². The molecule has 1 aromatic heterocycles. The molecule has 1 N–H and O–H groups in total. The Bertz CT molecular complexity index is 399. The number of halogens is 2. The van der Waals surface area contributed by atoms with E-state index in [1.807, 2.05) is 6.92 Å². The van der Waals surface area contributed by atoms with Crippen LogP contribution in [-0.2, 0) is 4.74 Å². The molecule has 0 aliphatic heterocycles. The van der Waals surface area contributed by atoms with Crippen molar-refractivity contribution in [3.8, 4) is 0 Å². The summed E-state index contributed by atoms with van der Waals surface area (Å²) in [5, 5.41) is 2.55. The van der Waals surface area contributed by atoms with Crippen LogP contribution in [0.2, 0.25) is 0 Å². The highest BCUT2D eigenvalue weighted by Gasteiger charge is 2.18. The highest BCUT2D eigenvalue weighted by Crippen LogP contribution is 2.09. The number of nitrogens with one attached hydrogen (secondary N) is 1. The molecule has 0 saturated heterocycles. The molecule has 0 bridgehead atoms. The lowest BCUT2D eigenvalue weighted by Gasteiger charge is -2.15. The van der Waals surface area contributed by atoms with Gasteiger partial charge in [0.2, 0.25) is 5.95 Å². The van der Waals surface area contributed by atoms with Crippen molar-refractivity contribution in [3.05, 3.63) is 29.6 Å². The van der Waals surface area contributed by atoms with Gasteiger partial charge in [0.15, 0.2) is 5.82 Å². The van der Waals surface area contributed by atoms with Gasteiger partial charge in [0.1, 0.15) is 0 Å². The Morgan fingerprint density at radius 2 is 2.29 bits per heavy atom. The van der Waals surface area contributed by atoms with Crippen molar-refractivity contribution in [2.24, 2.45) is 0 Å². The zero-order valence-corrected chi connectivity index (χ0v) is 9.67. The number of pyridine rings is 1. The number of amides is 1. The molecule has 0 spiro atoms. The summed E-state index contributed by atoms with van der Waals surface area (Å²) in [4.78, 5) is 14.8. The number of rotatable bonds is 5. The second-order valence-electron chi connectivity index (χ2n) is 3.50. The van der Waals surface area contributed by atoms with E-state index in [2.05, 4.69) is 10.3 Å². The van der Waals surface area contributed by atoms with Crippen LogP contribution in [0.15, 0.2) is 12.3 Å². The largest absolute Gasteiger partial charge is 0.383 e. The van der Waals surface area contributed by atoms with Crippen LogP contribution in [0.5, 0.6) is 0 Å². The lowest BCUT2D eigenvalue weighted by atomic mass is 10.2. The Balaban J connectivity index is 2.79. The molecule has 0 aliphatic rings. The first-order valence-electron chi connectivity index (χ1n) is 5.20. The van der Waals surface area contributed by atoms with Crippen molar-refractivity contribution in [1.82, 2.24) is 10.3 Å². The van der Waals surface area contributed by atoms with Crippen LogP contribution in [0.3, 0.4) is 0 Å². The number of methoxy groups -OCH3 is 1. The summed E-state index contributed by atoms with van der Waals surface area (Å²) in [6, 6.07) is 0.899.